The number of rotatable bonds is 8. The van der Waals surface area contributed by atoms with Gasteiger partial charge in [-0.1, -0.05) is 60.7 Å². The maximum atomic E-state index is 12.7. The minimum absolute atomic E-state index is 0.227. The van der Waals surface area contributed by atoms with Gasteiger partial charge in [0.25, 0.3) is 5.91 Å². The molecule has 3 aromatic carbocycles. The molecule has 3 aromatic rings. The van der Waals surface area contributed by atoms with Crippen molar-refractivity contribution in [3.8, 4) is 11.5 Å². The van der Waals surface area contributed by atoms with E-state index >= 15 is 0 Å². The number of nitrogens with one attached hydrogen (secondary N) is 2. The minimum Gasteiger partial charge on any atom is -0.493 e. The summed E-state index contributed by atoms with van der Waals surface area (Å²) in [5.74, 6) is -0.623. The number of carbonyl (C=O) groups excluding carboxylic acids is 2. The molecule has 0 aliphatic carbocycles. The van der Waals surface area contributed by atoms with Crippen molar-refractivity contribution in [1.82, 2.24) is 10.7 Å². The fourth-order valence-electron chi connectivity index (χ4n) is 3.79. The Morgan fingerprint density at radius 3 is 2.52 bits per heavy atom. The Bertz CT molecular complexity index is 1130. The van der Waals surface area contributed by atoms with Gasteiger partial charge in [-0.25, -0.2) is 5.43 Å². The minimum atomic E-state index is -0.826. The molecule has 7 heteroatoms. The van der Waals surface area contributed by atoms with Gasteiger partial charge in [-0.15, -0.1) is 0 Å². The van der Waals surface area contributed by atoms with E-state index in [-0.39, 0.29) is 11.8 Å². The molecule has 0 spiro atoms. The van der Waals surface area contributed by atoms with E-state index < -0.39 is 11.8 Å². The van der Waals surface area contributed by atoms with E-state index in [0.29, 0.717) is 24.7 Å². The van der Waals surface area contributed by atoms with Crippen molar-refractivity contribution in [1.29, 1.82) is 0 Å². The lowest BCUT2D eigenvalue weighted by atomic mass is 9.88. The predicted molar refractivity (Wildman–Crippen MR) is 125 cm³/mol. The van der Waals surface area contributed by atoms with Crippen molar-refractivity contribution < 1.29 is 19.1 Å². The van der Waals surface area contributed by atoms with Crippen LogP contribution in [0.2, 0.25) is 0 Å². The molecule has 1 saturated heterocycles. The second kappa shape index (κ2) is 10.5. The summed E-state index contributed by atoms with van der Waals surface area (Å²) in [7, 11) is 1.57. The Kier molecular flexibility index (Phi) is 6.99. The molecule has 0 radical (unpaired) electrons. The molecular weight excluding hydrogens is 418 g/mol. The Morgan fingerprint density at radius 1 is 1.06 bits per heavy atom. The van der Waals surface area contributed by atoms with Crippen molar-refractivity contribution in [3.63, 3.8) is 0 Å². The summed E-state index contributed by atoms with van der Waals surface area (Å²) in [4.78, 5) is 25.0. The molecule has 0 unspecified atom stereocenters. The highest BCUT2D eigenvalue weighted by Gasteiger charge is 2.40. The molecule has 33 heavy (non-hydrogen) atoms. The smallest absolute Gasteiger partial charge is 0.253 e. The van der Waals surface area contributed by atoms with E-state index in [9.17, 15) is 9.59 Å². The van der Waals surface area contributed by atoms with Crippen LogP contribution < -0.4 is 20.2 Å². The third kappa shape index (κ3) is 5.38. The average Bonchev–Trinajstić information content (AvgIpc) is 3.25. The lowest BCUT2D eigenvalue weighted by molar-refractivity contribution is -0.133. The number of amides is 2. The molecule has 2 N–H and O–H groups in total. The first-order valence-corrected chi connectivity index (χ1v) is 10.7. The van der Waals surface area contributed by atoms with Crippen molar-refractivity contribution in [2.45, 2.75) is 12.5 Å². The SMILES string of the molecule is COc1cc(/C=N/NC(=O)[C@H]2C(=O)NC[C@H]2c2ccccc2)ccc1OCc1ccccc1. The molecule has 1 aliphatic heterocycles. The molecule has 4 rings (SSSR count). The Labute approximate surface area is 192 Å². The highest BCUT2D eigenvalue weighted by atomic mass is 16.5. The van der Waals surface area contributed by atoms with Crippen LogP contribution in [0.25, 0.3) is 0 Å². The summed E-state index contributed by atoms with van der Waals surface area (Å²) in [6.07, 6.45) is 1.51. The lowest BCUT2D eigenvalue weighted by Crippen LogP contribution is -2.34. The van der Waals surface area contributed by atoms with Gasteiger partial charge >= 0.3 is 0 Å². The standard InChI is InChI=1S/C26H25N3O4/c1-32-23-14-19(12-13-22(23)33-17-18-8-4-2-5-9-18)15-28-29-26(31)24-21(16-27-25(24)30)20-10-6-3-7-11-20/h2-15,21,24H,16-17H2,1H3,(H,27,30)(H,29,31)/b28-15+/t21-,24+/m0/s1. The van der Waals surface area contributed by atoms with Crippen LogP contribution in [0.5, 0.6) is 11.5 Å². The number of nitrogens with zero attached hydrogens (tertiary/aromatic N) is 1. The van der Waals surface area contributed by atoms with Crippen molar-refractivity contribution in [2.75, 3.05) is 13.7 Å². The number of methoxy groups -OCH3 is 1. The molecule has 0 bridgehead atoms. The van der Waals surface area contributed by atoms with Crippen LogP contribution in [0.4, 0.5) is 0 Å². The van der Waals surface area contributed by atoms with Crippen LogP contribution in [0, 0.1) is 5.92 Å². The zero-order chi connectivity index (χ0) is 23.0. The Morgan fingerprint density at radius 2 is 1.79 bits per heavy atom. The second-order valence-electron chi connectivity index (χ2n) is 7.66. The highest BCUT2D eigenvalue weighted by Crippen LogP contribution is 2.30. The van der Waals surface area contributed by atoms with Crippen LogP contribution in [0.1, 0.15) is 22.6 Å². The first kappa shape index (κ1) is 22.1. The van der Waals surface area contributed by atoms with Crippen LogP contribution in [0.3, 0.4) is 0 Å². The Balaban J connectivity index is 1.39. The van der Waals surface area contributed by atoms with E-state index in [2.05, 4.69) is 15.8 Å². The third-order valence-corrected chi connectivity index (χ3v) is 5.50. The van der Waals surface area contributed by atoms with Crippen LogP contribution in [0.15, 0.2) is 84.0 Å². The highest BCUT2D eigenvalue weighted by molar-refractivity contribution is 6.03. The molecule has 0 aromatic heterocycles. The molecule has 0 saturated carbocycles. The van der Waals surface area contributed by atoms with Crippen LogP contribution in [-0.4, -0.2) is 31.7 Å². The second-order valence-corrected chi connectivity index (χ2v) is 7.66. The van der Waals surface area contributed by atoms with Crippen LogP contribution >= 0.6 is 0 Å². The first-order valence-electron chi connectivity index (χ1n) is 10.7. The molecule has 7 nitrogen and oxygen atoms in total. The molecule has 2 atom stereocenters. The largest absolute Gasteiger partial charge is 0.493 e. The van der Waals surface area contributed by atoms with Crippen molar-refractivity contribution in [3.05, 3.63) is 95.6 Å². The quantitative estimate of drug-likeness (QED) is 0.318. The van der Waals surface area contributed by atoms with E-state index in [0.717, 1.165) is 16.7 Å². The maximum absolute atomic E-state index is 12.7. The van der Waals surface area contributed by atoms with E-state index in [1.54, 1.807) is 19.2 Å². The monoisotopic (exact) mass is 443 g/mol. The van der Waals surface area contributed by atoms with Gasteiger partial charge in [0.05, 0.1) is 13.3 Å². The molecular formula is C26H25N3O4. The summed E-state index contributed by atoms with van der Waals surface area (Å²) in [5, 5.41) is 6.82. The number of ether oxygens (including phenoxy) is 2. The van der Waals surface area contributed by atoms with Gasteiger partial charge in [0.2, 0.25) is 5.91 Å². The van der Waals surface area contributed by atoms with Gasteiger partial charge in [-0.05, 0) is 34.9 Å². The van der Waals surface area contributed by atoms with Gasteiger partial charge in [-0.3, -0.25) is 9.59 Å². The van der Waals surface area contributed by atoms with Crippen molar-refractivity contribution >= 4 is 18.0 Å². The fourth-order valence-corrected chi connectivity index (χ4v) is 3.79. The predicted octanol–water partition coefficient (Wildman–Crippen LogP) is 3.25. The Hall–Kier alpha value is -4.13. The number of benzene rings is 3. The number of hydrazone groups is 1. The van der Waals surface area contributed by atoms with Gasteiger partial charge in [0.15, 0.2) is 11.5 Å². The van der Waals surface area contributed by atoms with Crippen molar-refractivity contribution in [2.24, 2.45) is 11.0 Å². The fraction of sp³-hybridized carbons (Fsp3) is 0.192. The van der Waals surface area contributed by atoms with Gasteiger partial charge in [0.1, 0.15) is 12.5 Å². The zero-order valence-electron chi connectivity index (χ0n) is 18.2. The van der Waals surface area contributed by atoms with E-state index in [1.807, 2.05) is 66.7 Å². The average molecular weight is 444 g/mol. The first-order chi connectivity index (χ1) is 16.2. The molecule has 168 valence electrons. The molecule has 1 heterocycles. The third-order valence-electron chi connectivity index (χ3n) is 5.50. The summed E-state index contributed by atoms with van der Waals surface area (Å²) in [5.41, 5.74) is 5.21. The normalized spacial score (nSPS) is 17.5. The summed E-state index contributed by atoms with van der Waals surface area (Å²) in [6, 6.07) is 24.8. The summed E-state index contributed by atoms with van der Waals surface area (Å²) < 4.78 is 11.3. The molecule has 1 aliphatic rings. The summed E-state index contributed by atoms with van der Waals surface area (Å²) >= 11 is 0. The van der Waals surface area contributed by atoms with Gasteiger partial charge in [-0.2, -0.15) is 5.10 Å². The number of hydrogen-bond acceptors (Lipinski definition) is 5. The zero-order valence-corrected chi connectivity index (χ0v) is 18.2. The lowest BCUT2D eigenvalue weighted by Gasteiger charge is -2.15. The topological polar surface area (TPSA) is 89.0 Å². The van der Waals surface area contributed by atoms with Crippen LogP contribution in [-0.2, 0) is 16.2 Å². The maximum Gasteiger partial charge on any atom is 0.253 e. The van der Waals surface area contributed by atoms with Gasteiger partial charge < -0.3 is 14.8 Å². The molecule has 2 amide bonds. The van der Waals surface area contributed by atoms with Gasteiger partial charge in [0, 0.05) is 12.5 Å². The van der Waals surface area contributed by atoms with E-state index in [4.69, 9.17) is 9.47 Å². The molecule has 1 fully saturated rings. The number of hydrogen-bond donors (Lipinski definition) is 2. The van der Waals surface area contributed by atoms with E-state index in [1.165, 1.54) is 6.21 Å². The number of carbonyl (C=O) groups is 2. The summed E-state index contributed by atoms with van der Waals surface area (Å²) in [6.45, 7) is 0.846.